The maximum Gasteiger partial charge on any atom is 0.279 e. The molecule has 2 aromatic carbocycles. The zero-order valence-electron chi connectivity index (χ0n) is 16.0. The number of carbonyl (C=O) groups excluding carboxylic acids is 2. The Bertz CT molecular complexity index is 831. The SMILES string of the molecule is C[C@@H]1C[NH+](CC(=O)Nc2ccccc2C(=O)Nc2ccc(F)cc2)C[C@@H](C)O1. The van der Waals surface area contributed by atoms with Gasteiger partial charge in [0.05, 0.1) is 11.3 Å². The van der Waals surface area contributed by atoms with Gasteiger partial charge in [-0.25, -0.2) is 4.39 Å². The van der Waals surface area contributed by atoms with E-state index in [2.05, 4.69) is 10.6 Å². The summed E-state index contributed by atoms with van der Waals surface area (Å²) in [6.45, 7) is 5.85. The van der Waals surface area contributed by atoms with Gasteiger partial charge in [0, 0.05) is 5.69 Å². The fraction of sp³-hybridized carbons (Fsp3) is 0.333. The average molecular weight is 386 g/mol. The number of morpholine rings is 1. The number of anilines is 2. The van der Waals surface area contributed by atoms with E-state index >= 15 is 0 Å². The number of hydrogen-bond donors (Lipinski definition) is 3. The predicted octanol–water partition coefficient (Wildman–Crippen LogP) is 1.71. The van der Waals surface area contributed by atoms with Crippen LogP contribution < -0.4 is 15.5 Å². The second-order valence-corrected chi connectivity index (χ2v) is 7.15. The summed E-state index contributed by atoms with van der Waals surface area (Å²) >= 11 is 0. The smallest absolute Gasteiger partial charge is 0.279 e. The van der Waals surface area contributed by atoms with Crippen LogP contribution in [0.2, 0.25) is 0 Å². The highest BCUT2D eigenvalue weighted by Gasteiger charge is 2.27. The fourth-order valence-electron chi connectivity index (χ4n) is 3.48. The molecule has 1 aliphatic heterocycles. The molecule has 0 spiro atoms. The first-order valence-electron chi connectivity index (χ1n) is 9.35. The zero-order valence-corrected chi connectivity index (χ0v) is 16.0. The molecular formula is C21H25FN3O3+. The third-order valence-corrected chi connectivity index (χ3v) is 4.58. The molecule has 3 N–H and O–H groups in total. The van der Waals surface area contributed by atoms with Crippen LogP contribution in [-0.2, 0) is 9.53 Å². The van der Waals surface area contributed by atoms with Crippen molar-refractivity contribution in [3.63, 3.8) is 0 Å². The second kappa shape index (κ2) is 8.95. The minimum atomic E-state index is -0.375. The number of amides is 2. The number of rotatable bonds is 5. The molecule has 0 saturated carbocycles. The van der Waals surface area contributed by atoms with Gasteiger partial charge in [0.15, 0.2) is 6.54 Å². The van der Waals surface area contributed by atoms with Crippen molar-refractivity contribution >= 4 is 23.2 Å². The summed E-state index contributed by atoms with van der Waals surface area (Å²) in [7, 11) is 0. The molecule has 2 aromatic rings. The monoisotopic (exact) mass is 386 g/mol. The lowest BCUT2D eigenvalue weighted by Crippen LogP contribution is -3.16. The van der Waals surface area contributed by atoms with Crippen LogP contribution in [0.1, 0.15) is 24.2 Å². The Kier molecular flexibility index (Phi) is 6.38. The molecular weight excluding hydrogens is 361 g/mol. The standard InChI is InChI=1S/C21H24FN3O3/c1-14-11-25(12-15(2)28-14)13-20(26)24-19-6-4-3-5-18(19)21(27)23-17-9-7-16(22)8-10-17/h3-10,14-15H,11-13H2,1-2H3,(H,23,27)(H,24,26)/p+1/t14-,15-/m1/s1. The van der Waals surface area contributed by atoms with Crippen molar-refractivity contribution in [1.29, 1.82) is 0 Å². The molecule has 28 heavy (non-hydrogen) atoms. The van der Waals surface area contributed by atoms with Crippen LogP contribution in [0.5, 0.6) is 0 Å². The van der Waals surface area contributed by atoms with E-state index in [1.807, 2.05) is 13.8 Å². The van der Waals surface area contributed by atoms with E-state index in [-0.39, 0.29) is 29.8 Å². The average Bonchev–Trinajstić information content (AvgIpc) is 2.63. The molecule has 1 saturated heterocycles. The number of quaternary nitrogens is 1. The van der Waals surface area contributed by atoms with Gasteiger partial charge in [0.2, 0.25) is 0 Å². The molecule has 0 bridgehead atoms. The minimum absolute atomic E-state index is 0.111. The van der Waals surface area contributed by atoms with Crippen molar-refractivity contribution in [2.24, 2.45) is 0 Å². The van der Waals surface area contributed by atoms with Gasteiger partial charge < -0.3 is 20.3 Å². The summed E-state index contributed by atoms with van der Waals surface area (Å²) in [6, 6.07) is 12.3. The second-order valence-electron chi connectivity index (χ2n) is 7.15. The number of nitrogens with one attached hydrogen (secondary N) is 3. The van der Waals surface area contributed by atoms with E-state index in [0.29, 0.717) is 23.5 Å². The Hall–Kier alpha value is -2.77. The van der Waals surface area contributed by atoms with Gasteiger partial charge >= 0.3 is 0 Å². The first kappa shape index (κ1) is 20.0. The Balaban J connectivity index is 1.65. The molecule has 6 nitrogen and oxygen atoms in total. The van der Waals surface area contributed by atoms with Gasteiger partial charge in [0.25, 0.3) is 11.8 Å². The first-order chi connectivity index (χ1) is 13.4. The lowest BCUT2D eigenvalue weighted by Gasteiger charge is -2.31. The Morgan fingerprint density at radius 1 is 1.04 bits per heavy atom. The van der Waals surface area contributed by atoms with Gasteiger partial charge in [-0.05, 0) is 50.2 Å². The molecule has 1 heterocycles. The molecule has 2 atom stereocenters. The summed E-state index contributed by atoms with van der Waals surface area (Å²) < 4.78 is 18.7. The summed E-state index contributed by atoms with van der Waals surface area (Å²) in [5.41, 5.74) is 1.27. The maximum absolute atomic E-state index is 13.0. The highest BCUT2D eigenvalue weighted by atomic mass is 19.1. The Labute approximate surface area is 163 Å². The van der Waals surface area contributed by atoms with Crippen molar-refractivity contribution in [3.8, 4) is 0 Å². The molecule has 1 aliphatic rings. The topological polar surface area (TPSA) is 71.9 Å². The maximum atomic E-state index is 13.0. The fourth-order valence-corrected chi connectivity index (χ4v) is 3.48. The summed E-state index contributed by atoms with van der Waals surface area (Å²) in [6.07, 6.45) is 0.223. The van der Waals surface area contributed by atoms with Crippen LogP contribution >= 0.6 is 0 Å². The first-order valence-corrected chi connectivity index (χ1v) is 9.35. The van der Waals surface area contributed by atoms with Crippen LogP contribution in [-0.4, -0.2) is 43.7 Å². The number of benzene rings is 2. The van der Waals surface area contributed by atoms with Gasteiger partial charge in [0.1, 0.15) is 31.1 Å². The van der Waals surface area contributed by atoms with Crippen molar-refractivity contribution in [2.75, 3.05) is 30.3 Å². The van der Waals surface area contributed by atoms with Crippen molar-refractivity contribution < 1.29 is 23.6 Å². The number of ether oxygens (including phenoxy) is 1. The third kappa shape index (κ3) is 5.37. The molecule has 7 heteroatoms. The molecule has 3 rings (SSSR count). The van der Waals surface area contributed by atoms with Crippen LogP contribution in [0.25, 0.3) is 0 Å². The Morgan fingerprint density at radius 2 is 1.68 bits per heavy atom. The molecule has 2 amide bonds. The van der Waals surface area contributed by atoms with E-state index in [1.54, 1.807) is 24.3 Å². The minimum Gasteiger partial charge on any atom is -0.364 e. The van der Waals surface area contributed by atoms with Crippen LogP contribution in [0.4, 0.5) is 15.8 Å². The van der Waals surface area contributed by atoms with E-state index in [9.17, 15) is 14.0 Å². The summed E-state index contributed by atoms with van der Waals surface area (Å²) in [4.78, 5) is 26.3. The van der Waals surface area contributed by atoms with E-state index in [4.69, 9.17) is 4.74 Å². The van der Waals surface area contributed by atoms with Crippen LogP contribution in [0.3, 0.4) is 0 Å². The molecule has 0 aromatic heterocycles. The Morgan fingerprint density at radius 3 is 2.36 bits per heavy atom. The molecule has 0 unspecified atom stereocenters. The highest BCUT2D eigenvalue weighted by Crippen LogP contribution is 2.17. The predicted molar refractivity (Wildman–Crippen MR) is 105 cm³/mol. The van der Waals surface area contributed by atoms with E-state index in [0.717, 1.165) is 18.0 Å². The number of para-hydroxylation sites is 1. The van der Waals surface area contributed by atoms with Gasteiger partial charge in [-0.1, -0.05) is 12.1 Å². The molecule has 1 fully saturated rings. The number of carbonyl (C=O) groups is 2. The molecule has 0 radical (unpaired) electrons. The van der Waals surface area contributed by atoms with Crippen molar-refractivity contribution in [2.45, 2.75) is 26.1 Å². The van der Waals surface area contributed by atoms with Crippen LogP contribution in [0.15, 0.2) is 48.5 Å². The normalized spacial score (nSPS) is 21.8. The van der Waals surface area contributed by atoms with Crippen LogP contribution in [0, 0.1) is 5.82 Å². The summed E-state index contributed by atoms with van der Waals surface area (Å²) in [5, 5.41) is 5.56. The number of hydrogen-bond acceptors (Lipinski definition) is 3. The van der Waals surface area contributed by atoms with Gasteiger partial charge in [-0.3, -0.25) is 9.59 Å². The lowest BCUT2D eigenvalue weighted by atomic mass is 10.1. The third-order valence-electron chi connectivity index (χ3n) is 4.58. The summed E-state index contributed by atoms with van der Waals surface area (Å²) in [5.74, 6) is -0.901. The van der Waals surface area contributed by atoms with E-state index < -0.39 is 0 Å². The van der Waals surface area contributed by atoms with Crippen molar-refractivity contribution in [1.82, 2.24) is 0 Å². The zero-order chi connectivity index (χ0) is 20.1. The number of halogens is 1. The lowest BCUT2D eigenvalue weighted by molar-refractivity contribution is -0.907. The molecule has 148 valence electrons. The largest absolute Gasteiger partial charge is 0.364 e. The quantitative estimate of drug-likeness (QED) is 0.733. The van der Waals surface area contributed by atoms with Crippen molar-refractivity contribution in [3.05, 3.63) is 59.9 Å². The van der Waals surface area contributed by atoms with Gasteiger partial charge in [-0.2, -0.15) is 0 Å². The van der Waals surface area contributed by atoms with Gasteiger partial charge in [-0.15, -0.1) is 0 Å². The van der Waals surface area contributed by atoms with E-state index in [1.165, 1.54) is 24.3 Å². The molecule has 0 aliphatic carbocycles. The highest BCUT2D eigenvalue weighted by molar-refractivity contribution is 6.10.